The number of amides is 1. The van der Waals surface area contributed by atoms with Crippen molar-refractivity contribution in [1.29, 1.82) is 0 Å². The Morgan fingerprint density at radius 3 is 2.27 bits per heavy atom. The molecule has 2 fully saturated rings. The second kappa shape index (κ2) is 11.4. The molecular formula is C16H33ClN4O4S. The molecule has 1 amide bonds. The van der Waals surface area contributed by atoms with Gasteiger partial charge in [-0.15, -0.1) is 12.4 Å². The van der Waals surface area contributed by atoms with Gasteiger partial charge in [0.1, 0.15) is 0 Å². The molecule has 2 rings (SSSR count). The fourth-order valence-corrected chi connectivity index (χ4v) is 4.36. The molecule has 2 aliphatic rings. The Balaban J connectivity index is 0.00000338. The maximum atomic E-state index is 12.3. The second-order valence-electron chi connectivity index (χ2n) is 6.86. The van der Waals surface area contributed by atoms with E-state index in [1.165, 1.54) is 0 Å². The van der Waals surface area contributed by atoms with Gasteiger partial charge >= 0.3 is 0 Å². The SMILES string of the molecule is CC(C)OCCS(=O)(=O)N1CCN(CCC(=O)N2CCNCC2)CC1.Cl. The van der Waals surface area contributed by atoms with E-state index in [2.05, 4.69) is 10.2 Å². The fourth-order valence-electron chi connectivity index (χ4n) is 3.08. The molecule has 0 saturated carbocycles. The lowest BCUT2D eigenvalue weighted by molar-refractivity contribution is -0.132. The minimum absolute atomic E-state index is 0. The van der Waals surface area contributed by atoms with Gasteiger partial charge in [0, 0.05) is 65.3 Å². The molecule has 2 saturated heterocycles. The first-order valence-corrected chi connectivity index (χ1v) is 10.8. The van der Waals surface area contributed by atoms with E-state index in [0.717, 1.165) is 26.2 Å². The van der Waals surface area contributed by atoms with Gasteiger partial charge < -0.3 is 19.9 Å². The number of piperazine rings is 2. The molecule has 0 aromatic rings. The van der Waals surface area contributed by atoms with Crippen molar-refractivity contribution in [3.8, 4) is 0 Å². The van der Waals surface area contributed by atoms with Gasteiger partial charge in [0.05, 0.1) is 18.5 Å². The Labute approximate surface area is 163 Å². The second-order valence-corrected chi connectivity index (χ2v) is 8.95. The van der Waals surface area contributed by atoms with E-state index < -0.39 is 10.0 Å². The molecule has 1 N–H and O–H groups in total. The molecule has 10 heteroatoms. The largest absolute Gasteiger partial charge is 0.378 e. The summed E-state index contributed by atoms with van der Waals surface area (Å²) in [6, 6.07) is 0. The van der Waals surface area contributed by atoms with E-state index in [0.29, 0.717) is 39.1 Å². The first kappa shape index (κ1) is 23.6. The van der Waals surface area contributed by atoms with Crippen molar-refractivity contribution >= 4 is 28.3 Å². The van der Waals surface area contributed by atoms with Crippen molar-refractivity contribution in [2.75, 3.05) is 71.3 Å². The zero-order chi connectivity index (χ0) is 18.3. The summed E-state index contributed by atoms with van der Waals surface area (Å²) in [5.74, 6) is 0.231. The molecular weight excluding hydrogens is 380 g/mol. The van der Waals surface area contributed by atoms with Crippen LogP contribution in [0.25, 0.3) is 0 Å². The van der Waals surface area contributed by atoms with E-state index >= 15 is 0 Å². The monoisotopic (exact) mass is 412 g/mol. The van der Waals surface area contributed by atoms with E-state index in [4.69, 9.17) is 4.74 Å². The lowest BCUT2D eigenvalue weighted by Crippen LogP contribution is -2.51. The van der Waals surface area contributed by atoms with Gasteiger partial charge in [0.15, 0.2) is 0 Å². The van der Waals surface area contributed by atoms with Crippen LogP contribution in [0, 0.1) is 0 Å². The molecule has 0 radical (unpaired) electrons. The van der Waals surface area contributed by atoms with Crippen LogP contribution in [0.4, 0.5) is 0 Å². The van der Waals surface area contributed by atoms with Crippen LogP contribution in [0.5, 0.6) is 0 Å². The molecule has 0 unspecified atom stereocenters. The summed E-state index contributed by atoms with van der Waals surface area (Å²) in [5, 5.41) is 3.24. The summed E-state index contributed by atoms with van der Waals surface area (Å²) < 4.78 is 31.5. The number of carbonyl (C=O) groups excluding carboxylic acids is 1. The van der Waals surface area contributed by atoms with Gasteiger partial charge in [-0.2, -0.15) is 4.31 Å². The average molecular weight is 413 g/mol. The molecule has 154 valence electrons. The lowest BCUT2D eigenvalue weighted by Gasteiger charge is -2.34. The van der Waals surface area contributed by atoms with Crippen LogP contribution in [0.3, 0.4) is 0 Å². The molecule has 0 spiro atoms. The Morgan fingerprint density at radius 2 is 1.69 bits per heavy atom. The summed E-state index contributed by atoms with van der Waals surface area (Å²) in [7, 11) is -3.25. The number of nitrogens with one attached hydrogen (secondary N) is 1. The molecule has 2 heterocycles. The molecule has 0 atom stereocenters. The van der Waals surface area contributed by atoms with Crippen molar-refractivity contribution in [3.63, 3.8) is 0 Å². The summed E-state index contributed by atoms with van der Waals surface area (Å²) in [4.78, 5) is 16.3. The van der Waals surface area contributed by atoms with Crippen molar-refractivity contribution < 1.29 is 17.9 Å². The number of hydrogen-bond donors (Lipinski definition) is 1. The smallest absolute Gasteiger partial charge is 0.223 e. The third-order valence-electron chi connectivity index (χ3n) is 4.63. The molecule has 26 heavy (non-hydrogen) atoms. The summed E-state index contributed by atoms with van der Waals surface area (Å²) in [5.41, 5.74) is 0. The van der Waals surface area contributed by atoms with Crippen molar-refractivity contribution in [1.82, 2.24) is 19.4 Å². The fraction of sp³-hybridized carbons (Fsp3) is 0.938. The van der Waals surface area contributed by atoms with E-state index in [9.17, 15) is 13.2 Å². The average Bonchev–Trinajstić information content (AvgIpc) is 2.60. The predicted octanol–water partition coefficient (Wildman–Crippen LogP) is -0.397. The number of ether oxygens (including phenoxy) is 1. The Bertz CT molecular complexity index is 518. The summed E-state index contributed by atoms with van der Waals surface area (Å²) in [6.45, 7) is 10.4. The predicted molar refractivity (Wildman–Crippen MR) is 104 cm³/mol. The van der Waals surface area contributed by atoms with E-state index in [1.807, 2.05) is 18.7 Å². The van der Waals surface area contributed by atoms with Gasteiger partial charge in [-0.05, 0) is 13.8 Å². The van der Waals surface area contributed by atoms with Gasteiger partial charge in [0.2, 0.25) is 15.9 Å². The zero-order valence-corrected chi connectivity index (χ0v) is 17.5. The van der Waals surface area contributed by atoms with Crippen LogP contribution in [-0.4, -0.2) is 106 Å². The molecule has 0 bridgehead atoms. The van der Waals surface area contributed by atoms with Crippen molar-refractivity contribution in [2.45, 2.75) is 26.4 Å². The van der Waals surface area contributed by atoms with Gasteiger partial charge in [-0.3, -0.25) is 4.79 Å². The van der Waals surface area contributed by atoms with Crippen molar-refractivity contribution in [2.24, 2.45) is 0 Å². The normalized spacial score (nSPS) is 20.2. The number of carbonyl (C=O) groups is 1. The summed E-state index contributed by atoms with van der Waals surface area (Å²) >= 11 is 0. The van der Waals surface area contributed by atoms with Crippen LogP contribution in [0.15, 0.2) is 0 Å². The standard InChI is InChI=1S/C16H32N4O4S.ClH/c1-15(2)24-13-14-25(22,23)20-11-9-18(10-12-20)6-3-16(21)19-7-4-17-5-8-19;/h15,17H,3-14H2,1-2H3;1H. The maximum absolute atomic E-state index is 12.3. The lowest BCUT2D eigenvalue weighted by atomic mass is 10.2. The minimum atomic E-state index is -3.25. The molecule has 0 aliphatic carbocycles. The van der Waals surface area contributed by atoms with Gasteiger partial charge in [-0.1, -0.05) is 0 Å². The van der Waals surface area contributed by atoms with Crippen molar-refractivity contribution in [3.05, 3.63) is 0 Å². The number of sulfonamides is 1. The van der Waals surface area contributed by atoms with E-state index in [1.54, 1.807) is 4.31 Å². The number of hydrogen-bond acceptors (Lipinski definition) is 6. The van der Waals surface area contributed by atoms with Crippen LogP contribution in [-0.2, 0) is 19.6 Å². The minimum Gasteiger partial charge on any atom is -0.378 e. The number of nitrogens with zero attached hydrogens (tertiary/aromatic N) is 3. The van der Waals surface area contributed by atoms with Crippen LogP contribution in [0.1, 0.15) is 20.3 Å². The summed E-state index contributed by atoms with van der Waals surface area (Å²) in [6.07, 6.45) is 0.551. The highest BCUT2D eigenvalue weighted by Gasteiger charge is 2.27. The first-order valence-electron chi connectivity index (χ1n) is 9.19. The highest BCUT2D eigenvalue weighted by Crippen LogP contribution is 2.09. The third kappa shape index (κ3) is 7.66. The molecule has 0 aromatic heterocycles. The third-order valence-corrected chi connectivity index (χ3v) is 6.46. The number of rotatable bonds is 8. The maximum Gasteiger partial charge on any atom is 0.223 e. The van der Waals surface area contributed by atoms with Gasteiger partial charge in [0.25, 0.3) is 0 Å². The van der Waals surface area contributed by atoms with Gasteiger partial charge in [-0.25, -0.2) is 8.42 Å². The Morgan fingerprint density at radius 1 is 1.08 bits per heavy atom. The molecule has 8 nitrogen and oxygen atoms in total. The highest BCUT2D eigenvalue weighted by molar-refractivity contribution is 7.89. The molecule has 0 aromatic carbocycles. The highest BCUT2D eigenvalue weighted by atomic mass is 35.5. The van der Waals surface area contributed by atoms with Crippen LogP contribution < -0.4 is 5.32 Å². The quantitative estimate of drug-likeness (QED) is 0.584. The van der Waals surface area contributed by atoms with E-state index in [-0.39, 0.29) is 36.8 Å². The Hall–Kier alpha value is -0.450. The van der Waals surface area contributed by atoms with Crippen LogP contribution in [0.2, 0.25) is 0 Å². The Kier molecular flexibility index (Phi) is 10.3. The van der Waals surface area contributed by atoms with Crippen LogP contribution >= 0.6 is 12.4 Å². The molecule has 2 aliphatic heterocycles. The zero-order valence-electron chi connectivity index (χ0n) is 15.9. The number of halogens is 1. The topological polar surface area (TPSA) is 82.2 Å². The first-order chi connectivity index (χ1) is 11.9.